The molecule has 2 rings (SSSR count). The van der Waals surface area contributed by atoms with Crippen LogP contribution in [0.25, 0.3) is 0 Å². The molecular formula is C12H17NO3. The van der Waals surface area contributed by atoms with Crippen LogP contribution in [0, 0.1) is 6.92 Å². The van der Waals surface area contributed by atoms with Crippen LogP contribution in [0.15, 0.2) is 10.5 Å². The van der Waals surface area contributed by atoms with E-state index in [0.29, 0.717) is 5.92 Å². The first-order chi connectivity index (χ1) is 7.58. The molecule has 0 spiro atoms. The van der Waals surface area contributed by atoms with Crippen LogP contribution < -0.4 is 0 Å². The van der Waals surface area contributed by atoms with Gasteiger partial charge in [0.2, 0.25) is 5.76 Å². The molecule has 4 heteroatoms. The number of rotatable bonds is 2. The molecule has 1 aliphatic heterocycles. The lowest BCUT2D eigenvalue weighted by molar-refractivity contribution is 0.0657. The van der Waals surface area contributed by atoms with Gasteiger partial charge in [-0.05, 0) is 46.0 Å². The van der Waals surface area contributed by atoms with Gasteiger partial charge in [-0.15, -0.1) is 0 Å². The molecule has 0 radical (unpaired) electrons. The highest BCUT2D eigenvalue weighted by Crippen LogP contribution is 2.30. The molecule has 0 atom stereocenters. The number of furan rings is 1. The van der Waals surface area contributed by atoms with Crippen molar-refractivity contribution in [3.63, 3.8) is 0 Å². The van der Waals surface area contributed by atoms with Crippen molar-refractivity contribution in [3.8, 4) is 0 Å². The maximum atomic E-state index is 10.9. The molecule has 1 fully saturated rings. The van der Waals surface area contributed by atoms with Crippen LogP contribution in [-0.4, -0.2) is 36.1 Å². The summed E-state index contributed by atoms with van der Waals surface area (Å²) in [5.41, 5.74) is 0.724. The lowest BCUT2D eigenvalue weighted by atomic mass is 9.94. The highest BCUT2D eigenvalue weighted by atomic mass is 16.4. The van der Waals surface area contributed by atoms with Crippen LogP contribution >= 0.6 is 0 Å². The summed E-state index contributed by atoms with van der Waals surface area (Å²) in [5.74, 6) is 0.330. The van der Waals surface area contributed by atoms with Crippen molar-refractivity contribution in [2.45, 2.75) is 25.7 Å². The van der Waals surface area contributed by atoms with E-state index in [0.717, 1.165) is 37.3 Å². The normalized spacial score (nSPS) is 18.9. The molecule has 16 heavy (non-hydrogen) atoms. The largest absolute Gasteiger partial charge is 0.475 e. The van der Waals surface area contributed by atoms with Gasteiger partial charge >= 0.3 is 5.97 Å². The summed E-state index contributed by atoms with van der Waals surface area (Å²) in [5, 5.41) is 8.92. The van der Waals surface area contributed by atoms with Gasteiger partial charge < -0.3 is 14.4 Å². The quantitative estimate of drug-likeness (QED) is 0.834. The highest BCUT2D eigenvalue weighted by molar-refractivity contribution is 5.86. The number of carboxylic acids is 1. The molecule has 0 aliphatic carbocycles. The molecule has 1 aromatic heterocycles. The van der Waals surface area contributed by atoms with E-state index in [1.807, 2.05) is 6.07 Å². The van der Waals surface area contributed by atoms with Gasteiger partial charge in [0.05, 0.1) is 0 Å². The van der Waals surface area contributed by atoms with E-state index < -0.39 is 5.97 Å². The number of hydrogen-bond donors (Lipinski definition) is 1. The average molecular weight is 223 g/mol. The number of piperidine rings is 1. The van der Waals surface area contributed by atoms with E-state index in [-0.39, 0.29) is 5.76 Å². The fraction of sp³-hybridized carbons (Fsp3) is 0.583. The third-order valence-electron chi connectivity index (χ3n) is 3.25. The second-order valence-corrected chi connectivity index (χ2v) is 4.54. The number of likely N-dealkylation sites (tertiary alicyclic amines) is 1. The molecule has 2 heterocycles. The Labute approximate surface area is 94.9 Å². The maximum Gasteiger partial charge on any atom is 0.372 e. The summed E-state index contributed by atoms with van der Waals surface area (Å²) in [6, 6.07) is 1.87. The van der Waals surface area contributed by atoms with Crippen molar-refractivity contribution in [2.75, 3.05) is 20.1 Å². The second kappa shape index (κ2) is 4.29. The van der Waals surface area contributed by atoms with Crippen LogP contribution in [0.1, 0.15) is 40.6 Å². The van der Waals surface area contributed by atoms with Crippen molar-refractivity contribution < 1.29 is 14.3 Å². The fourth-order valence-electron chi connectivity index (χ4n) is 2.21. The molecule has 0 unspecified atom stereocenters. The van der Waals surface area contributed by atoms with E-state index >= 15 is 0 Å². The zero-order valence-corrected chi connectivity index (χ0v) is 9.69. The van der Waals surface area contributed by atoms with Crippen molar-refractivity contribution in [1.82, 2.24) is 4.90 Å². The molecule has 1 N–H and O–H groups in total. The Hall–Kier alpha value is -1.29. The molecule has 1 aromatic rings. The second-order valence-electron chi connectivity index (χ2n) is 4.54. The Morgan fingerprint density at radius 1 is 1.50 bits per heavy atom. The van der Waals surface area contributed by atoms with Crippen molar-refractivity contribution in [3.05, 3.63) is 23.2 Å². The Balaban J connectivity index is 2.15. The standard InChI is InChI=1S/C12H17NO3/c1-8-7-10(16-11(8)12(14)15)9-3-5-13(2)6-4-9/h7,9H,3-6H2,1-2H3,(H,14,15). The van der Waals surface area contributed by atoms with Crippen molar-refractivity contribution in [1.29, 1.82) is 0 Å². The molecule has 4 nitrogen and oxygen atoms in total. The Bertz CT molecular complexity index is 389. The molecule has 1 saturated heterocycles. The van der Waals surface area contributed by atoms with Crippen LogP contribution in [0.4, 0.5) is 0 Å². The number of aryl methyl sites for hydroxylation is 1. The molecule has 1 aliphatic rings. The molecular weight excluding hydrogens is 206 g/mol. The van der Waals surface area contributed by atoms with E-state index in [4.69, 9.17) is 9.52 Å². The van der Waals surface area contributed by atoms with Crippen LogP contribution in [0.2, 0.25) is 0 Å². The lowest BCUT2D eigenvalue weighted by Gasteiger charge is -2.27. The number of hydrogen-bond acceptors (Lipinski definition) is 3. The molecule has 88 valence electrons. The molecule has 0 aromatic carbocycles. The van der Waals surface area contributed by atoms with Gasteiger partial charge in [0.25, 0.3) is 0 Å². The van der Waals surface area contributed by atoms with Crippen molar-refractivity contribution in [2.24, 2.45) is 0 Å². The van der Waals surface area contributed by atoms with Gasteiger partial charge in [0.15, 0.2) is 0 Å². The van der Waals surface area contributed by atoms with Crippen LogP contribution in [0.3, 0.4) is 0 Å². The van der Waals surface area contributed by atoms with Gasteiger partial charge in [-0.1, -0.05) is 0 Å². The number of carbonyl (C=O) groups is 1. The zero-order valence-electron chi connectivity index (χ0n) is 9.69. The van der Waals surface area contributed by atoms with E-state index in [1.54, 1.807) is 6.92 Å². The fourth-order valence-corrected chi connectivity index (χ4v) is 2.21. The highest BCUT2D eigenvalue weighted by Gasteiger charge is 2.23. The first kappa shape index (κ1) is 11.2. The summed E-state index contributed by atoms with van der Waals surface area (Å²) in [6.45, 7) is 3.88. The minimum atomic E-state index is -0.975. The minimum absolute atomic E-state index is 0.0916. The topological polar surface area (TPSA) is 53.7 Å². The molecule has 0 amide bonds. The third kappa shape index (κ3) is 2.11. The van der Waals surface area contributed by atoms with Crippen LogP contribution in [0.5, 0.6) is 0 Å². The van der Waals surface area contributed by atoms with Gasteiger partial charge in [0.1, 0.15) is 5.76 Å². The van der Waals surface area contributed by atoms with E-state index in [1.165, 1.54) is 0 Å². The van der Waals surface area contributed by atoms with Gasteiger partial charge in [-0.3, -0.25) is 0 Å². The number of carboxylic acid groups (broad SMARTS) is 1. The number of aromatic carboxylic acids is 1. The van der Waals surface area contributed by atoms with Crippen LogP contribution in [-0.2, 0) is 0 Å². The van der Waals surface area contributed by atoms with E-state index in [2.05, 4.69) is 11.9 Å². The summed E-state index contributed by atoms with van der Waals surface area (Å²) in [7, 11) is 2.10. The molecule has 0 bridgehead atoms. The smallest absolute Gasteiger partial charge is 0.372 e. The van der Waals surface area contributed by atoms with Gasteiger partial charge in [-0.25, -0.2) is 4.79 Å². The summed E-state index contributed by atoms with van der Waals surface area (Å²) < 4.78 is 5.43. The zero-order chi connectivity index (χ0) is 11.7. The number of nitrogens with zero attached hydrogens (tertiary/aromatic N) is 1. The first-order valence-electron chi connectivity index (χ1n) is 5.60. The molecule has 0 saturated carbocycles. The van der Waals surface area contributed by atoms with Gasteiger partial charge in [-0.2, -0.15) is 0 Å². The minimum Gasteiger partial charge on any atom is -0.475 e. The van der Waals surface area contributed by atoms with E-state index in [9.17, 15) is 4.79 Å². The SMILES string of the molecule is Cc1cc(C2CCN(C)CC2)oc1C(=O)O. The summed E-state index contributed by atoms with van der Waals surface area (Å²) in [4.78, 5) is 13.2. The van der Waals surface area contributed by atoms with Crippen molar-refractivity contribution >= 4 is 5.97 Å². The Kier molecular flexibility index (Phi) is 3.01. The predicted molar refractivity (Wildman–Crippen MR) is 59.9 cm³/mol. The average Bonchev–Trinajstić information content (AvgIpc) is 2.61. The maximum absolute atomic E-state index is 10.9. The predicted octanol–water partition coefficient (Wildman–Crippen LogP) is 2.10. The Morgan fingerprint density at radius 2 is 2.12 bits per heavy atom. The Morgan fingerprint density at radius 3 is 2.62 bits per heavy atom. The summed E-state index contributed by atoms with van der Waals surface area (Å²) in [6.07, 6.45) is 2.09. The lowest BCUT2D eigenvalue weighted by Crippen LogP contribution is -2.29. The monoisotopic (exact) mass is 223 g/mol. The third-order valence-corrected chi connectivity index (χ3v) is 3.25. The summed E-state index contributed by atoms with van der Waals surface area (Å²) >= 11 is 0. The first-order valence-corrected chi connectivity index (χ1v) is 5.60. The van der Waals surface area contributed by atoms with Gasteiger partial charge in [0, 0.05) is 11.5 Å².